The van der Waals surface area contributed by atoms with Gasteiger partial charge in [-0.1, -0.05) is 34.5 Å². The lowest BCUT2D eigenvalue weighted by molar-refractivity contribution is -0.121. The third-order valence-electron chi connectivity index (χ3n) is 2.83. The lowest BCUT2D eigenvalue weighted by Crippen LogP contribution is -2.26. The molecule has 0 aliphatic rings. The van der Waals surface area contributed by atoms with Crippen LogP contribution >= 0.6 is 15.9 Å². The minimum absolute atomic E-state index is 0.0458. The maximum Gasteiger partial charge on any atom is 0.220 e. The van der Waals surface area contributed by atoms with Gasteiger partial charge in [-0.2, -0.15) is 0 Å². The number of nitrogens with two attached hydrogens (primary N) is 1. The summed E-state index contributed by atoms with van der Waals surface area (Å²) in [5.41, 5.74) is 6.52. The van der Waals surface area contributed by atoms with Crippen molar-refractivity contribution in [3.8, 4) is 0 Å². The number of halogens is 1. The zero-order valence-electron chi connectivity index (χ0n) is 10.8. The minimum Gasteiger partial charge on any atom is -0.350 e. The Morgan fingerprint density at radius 1 is 1.39 bits per heavy atom. The normalized spacial score (nSPS) is 12.2. The van der Waals surface area contributed by atoms with Gasteiger partial charge in [0.1, 0.15) is 0 Å². The van der Waals surface area contributed by atoms with E-state index in [1.54, 1.807) is 0 Å². The maximum atomic E-state index is 11.7. The maximum absolute atomic E-state index is 11.7. The van der Waals surface area contributed by atoms with Gasteiger partial charge in [-0.05, 0) is 44.0 Å². The molecule has 1 rings (SSSR count). The van der Waals surface area contributed by atoms with Crippen LogP contribution in [0.2, 0.25) is 0 Å². The molecule has 1 aromatic carbocycles. The van der Waals surface area contributed by atoms with E-state index in [2.05, 4.69) is 21.2 Å². The van der Waals surface area contributed by atoms with Gasteiger partial charge >= 0.3 is 0 Å². The molecular weight excluding hydrogens is 292 g/mol. The standard InChI is InChI=1S/C14H21BrN2O/c1-11(12-6-5-7-13(15)10-12)17-14(18)8-3-2-4-9-16/h5-7,10-11H,2-4,8-9,16H2,1H3,(H,17,18). The molecule has 0 saturated heterocycles. The van der Waals surface area contributed by atoms with Crippen LogP contribution in [0.4, 0.5) is 0 Å². The Morgan fingerprint density at radius 2 is 2.17 bits per heavy atom. The molecule has 0 bridgehead atoms. The van der Waals surface area contributed by atoms with E-state index >= 15 is 0 Å². The lowest BCUT2D eigenvalue weighted by atomic mass is 10.1. The van der Waals surface area contributed by atoms with Gasteiger partial charge in [0.25, 0.3) is 0 Å². The van der Waals surface area contributed by atoms with E-state index < -0.39 is 0 Å². The van der Waals surface area contributed by atoms with Crippen molar-refractivity contribution < 1.29 is 4.79 Å². The fourth-order valence-corrected chi connectivity index (χ4v) is 2.20. The Bertz CT molecular complexity index is 382. The predicted molar refractivity (Wildman–Crippen MR) is 78.2 cm³/mol. The Balaban J connectivity index is 2.35. The summed E-state index contributed by atoms with van der Waals surface area (Å²) in [4.78, 5) is 11.7. The molecule has 1 unspecified atom stereocenters. The van der Waals surface area contributed by atoms with E-state index in [-0.39, 0.29) is 11.9 Å². The van der Waals surface area contributed by atoms with Crippen molar-refractivity contribution >= 4 is 21.8 Å². The summed E-state index contributed by atoms with van der Waals surface area (Å²) >= 11 is 3.43. The first-order valence-corrected chi connectivity index (χ1v) is 7.17. The Labute approximate surface area is 117 Å². The summed E-state index contributed by atoms with van der Waals surface area (Å²) in [5, 5.41) is 3.01. The Hall–Kier alpha value is -0.870. The molecule has 0 saturated carbocycles. The van der Waals surface area contributed by atoms with Crippen LogP contribution in [0.15, 0.2) is 28.7 Å². The third-order valence-corrected chi connectivity index (χ3v) is 3.33. The largest absolute Gasteiger partial charge is 0.350 e. The molecule has 0 fully saturated rings. The fourth-order valence-electron chi connectivity index (χ4n) is 1.78. The zero-order valence-corrected chi connectivity index (χ0v) is 12.4. The first-order valence-electron chi connectivity index (χ1n) is 6.38. The number of carbonyl (C=O) groups excluding carboxylic acids is 1. The fraction of sp³-hybridized carbons (Fsp3) is 0.500. The lowest BCUT2D eigenvalue weighted by Gasteiger charge is -2.14. The van der Waals surface area contributed by atoms with Gasteiger partial charge < -0.3 is 11.1 Å². The van der Waals surface area contributed by atoms with E-state index in [1.165, 1.54) is 0 Å². The first kappa shape index (κ1) is 15.2. The minimum atomic E-state index is 0.0458. The van der Waals surface area contributed by atoms with E-state index in [0.29, 0.717) is 13.0 Å². The monoisotopic (exact) mass is 312 g/mol. The topological polar surface area (TPSA) is 55.1 Å². The summed E-state index contributed by atoms with van der Waals surface area (Å²) in [5.74, 6) is 0.111. The molecule has 1 atom stereocenters. The molecule has 100 valence electrons. The molecule has 0 aromatic heterocycles. The number of amides is 1. The predicted octanol–water partition coefficient (Wildman–Crippen LogP) is 3.15. The summed E-state index contributed by atoms with van der Waals surface area (Å²) in [6, 6.07) is 8.04. The second-order valence-corrected chi connectivity index (χ2v) is 5.36. The third kappa shape index (κ3) is 5.65. The highest BCUT2D eigenvalue weighted by molar-refractivity contribution is 9.10. The SMILES string of the molecule is CC(NC(=O)CCCCCN)c1cccc(Br)c1. The average Bonchev–Trinajstić information content (AvgIpc) is 2.34. The van der Waals surface area contributed by atoms with Gasteiger partial charge in [-0.25, -0.2) is 0 Å². The summed E-state index contributed by atoms with van der Waals surface area (Å²) in [7, 11) is 0. The van der Waals surface area contributed by atoms with Gasteiger partial charge in [0, 0.05) is 10.9 Å². The number of hydrogen-bond donors (Lipinski definition) is 2. The van der Waals surface area contributed by atoms with E-state index in [9.17, 15) is 4.79 Å². The summed E-state index contributed by atoms with van der Waals surface area (Å²) < 4.78 is 1.03. The molecule has 4 heteroatoms. The number of unbranched alkanes of at least 4 members (excludes halogenated alkanes) is 2. The molecule has 18 heavy (non-hydrogen) atoms. The van der Waals surface area contributed by atoms with Crippen molar-refractivity contribution in [3.63, 3.8) is 0 Å². The van der Waals surface area contributed by atoms with Gasteiger partial charge in [-0.15, -0.1) is 0 Å². The molecule has 0 spiro atoms. The molecule has 0 aliphatic carbocycles. The highest BCUT2D eigenvalue weighted by atomic mass is 79.9. The summed E-state index contributed by atoms with van der Waals surface area (Å²) in [6.07, 6.45) is 3.51. The van der Waals surface area contributed by atoms with Gasteiger partial charge in [0.2, 0.25) is 5.91 Å². The second-order valence-electron chi connectivity index (χ2n) is 4.44. The molecule has 3 nitrogen and oxygen atoms in total. The number of hydrogen-bond acceptors (Lipinski definition) is 2. The van der Waals surface area contributed by atoms with E-state index in [4.69, 9.17) is 5.73 Å². The van der Waals surface area contributed by atoms with Crippen molar-refractivity contribution in [2.24, 2.45) is 5.73 Å². The molecule has 0 radical (unpaired) electrons. The van der Waals surface area contributed by atoms with Crippen LogP contribution in [-0.4, -0.2) is 12.5 Å². The van der Waals surface area contributed by atoms with Crippen molar-refractivity contribution in [1.82, 2.24) is 5.32 Å². The van der Waals surface area contributed by atoms with Crippen molar-refractivity contribution in [1.29, 1.82) is 0 Å². The first-order chi connectivity index (χ1) is 8.63. The molecule has 1 aromatic rings. The Morgan fingerprint density at radius 3 is 2.83 bits per heavy atom. The highest BCUT2D eigenvalue weighted by Gasteiger charge is 2.09. The zero-order chi connectivity index (χ0) is 13.4. The van der Waals surface area contributed by atoms with E-state index in [1.807, 2.05) is 31.2 Å². The number of nitrogens with one attached hydrogen (secondary N) is 1. The van der Waals surface area contributed by atoms with Crippen LogP contribution in [0.5, 0.6) is 0 Å². The van der Waals surface area contributed by atoms with Crippen LogP contribution in [0.25, 0.3) is 0 Å². The van der Waals surface area contributed by atoms with Gasteiger partial charge in [0.05, 0.1) is 6.04 Å². The number of carbonyl (C=O) groups is 1. The molecule has 3 N–H and O–H groups in total. The quantitative estimate of drug-likeness (QED) is 0.760. The molecule has 1 amide bonds. The van der Waals surface area contributed by atoms with Crippen LogP contribution in [0.3, 0.4) is 0 Å². The molecular formula is C14H21BrN2O. The second kappa shape index (κ2) is 8.27. The average molecular weight is 313 g/mol. The van der Waals surface area contributed by atoms with Gasteiger partial charge in [-0.3, -0.25) is 4.79 Å². The van der Waals surface area contributed by atoms with Crippen LogP contribution in [0, 0.1) is 0 Å². The summed E-state index contributed by atoms with van der Waals surface area (Å²) in [6.45, 7) is 2.70. The van der Waals surface area contributed by atoms with Crippen molar-refractivity contribution in [2.75, 3.05) is 6.54 Å². The van der Waals surface area contributed by atoms with Crippen LogP contribution in [0.1, 0.15) is 44.2 Å². The highest BCUT2D eigenvalue weighted by Crippen LogP contribution is 2.17. The number of benzene rings is 1. The van der Waals surface area contributed by atoms with Crippen LogP contribution < -0.4 is 11.1 Å². The van der Waals surface area contributed by atoms with Crippen molar-refractivity contribution in [2.45, 2.75) is 38.6 Å². The molecule has 0 heterocycles. The number of rotatable bonds is 7. The van der Waals surface area contributed by atoms with Crippen molar-refractivity contribution in [3.05, 3.63) is 34.3 Å². The van der Waals surface area contributed by atoms with E-state index in [0.717, 1.165) is 29.3 Å². The molecule has 0 aliphatic heterocycles. The van der Waals surface area contributed by atoms with Crippen LogP contribution in [-0.2, 0) is 4.79 Å². The smallest absolute Gasteiger partial charge is 0.220 e. The Kier molecular flexibility index (Phi) is 6.98. The van der Waals surface area contributed by atoms with Gasteiger partial charge in [0.15, 0.2) is 0 Å².